The van der Waals surface area contributed by atoms with Gasteiger partial charge < -0.3 is 4.90 Å². The fourth-order valence-corrected chi connectivity index (χ4v) is 1.74. The topological polar surface area (TPSA) is 27.1 Å². The highest BCUT2D eigenvalue weighted by Gasteiger charge is 2.39. The van der Waals surface area contributed by atoms with E-state index in [1.807, 2.05) is 0 Å². The normalized spacial score (nSPS) is 27.7. The van der Waals surface area contributed by atoms with Crippen molar-refractivity contribution in [1.29, 1.82) is 5.41 Å². The lowest BCUT2D eigenvalue weighted by molar-refractivity contribution is 0.358. The van der Waals surface area contributed by atoms with Gasteiger partial charge in [0, 0.05) is 19.5 Å². The average molecular weight is 152 g/mol. The Kier molecular flexibility index (Phi) is 1.44. The molecule has 0 unspecified atom stereocenters. The van der Waals surface area contributed by atoms with Crippen LogP contribution in [0.5, 0.6) is 0 Å². The van der Waals surface area contributed by atoms with E-state index in [2.05, 4.69) is 11.8 Å². The van der Waals surface area contributed by atoms with Crippen molar-refractivity contribution < 1.29 is 0 Å². The Labute approximate surface area is 68.1 Å². The Bertz CT molecular complexity index is 182. The van der Waals surface area contributed by atoms with Gasteiger partial charge in [-0.15, -0.1) is 0 Å². The van der Waals surface area contributed by atoms with E-state index in [1.165, 1.54) is 19.3 Å². The van der Waals surface area contributed by atoms with Crippen molar-refractivity contribution in [2.24, 2.45) is 5.41 Å². The van der Waals surface area contributed by atoms with Crippen LogP contribution < -0.4 is 0 Å². The van der Waals surface area contributed by atoms with Gasteiger partial charge >= 0.3 is 0 Å². The van der Waals surface area contributed by atoms with Gasteiger partial charge in [-0.05, 0) is 24.7 Å². The molecule has 1 aliphatic carbocycles. The van der Waals surface area contributed by atoms with Crippen LogP contribution in [0, 0.1) is 10.8 Å². The molecule has 0 radical (unpaired) electrons. The summed E-state index contributed by atoms with van der Waals surface area (Å²) < 4.78 is 0. The predicted octanol–water partition coefficient (Wildman–Crippen LogP) is 1.86. The van der Waals surface area contributed by atoms with E-state index in [1.54, 1.807) is 0 Å². The lowest BCUT2D eigenvalue weighted by Crippen LogP contribution is -2.29. The van der Waals surface area contributed by atoms with Crippen molar-refractivity contribution in [3.8, 4) is 0 Å². The van der Waals surface area contributed by atoms with E-state index in [4.69, 9.17) is 5.41 Å². The van der Waals surface area contributed by atoms with Crippen LogP contribution >= 0.6 is 0 Å². The second-order valence-corrected chi connectivity index (χ2v) is 4.28. The fraction of sp³-hybridized carbons (Fsp3) is 0.889. The molecule has 1 saturated carbocycles. The minimum absolute atomic E-state index is 0.580. The Hall–Kier alpha value is -0.530. The zero-order valence-electron chi connectivity index (χ0n) is 7.19. The van der Waals surface area contributed by atoms with Crippen molar-refractivity contribution in [2.45, 2.75) is 32.6 Å². The molecule has 2 heteroatoms. The molecule has 0 aromatic heterocycles. The van der Waals surface area contributed by atoms with Crippen molar-refractivity contribution in [2.75, 3.05) is 13.1 Å². The second-order valence-electron chi connectivity index (χ2n) is 4.28. The molecule has 0 amide bonds. The number of amidine groups is 1. The molecule has 11 heavy (non-hydrogen) atoms. The summed E-state index contributed by atoms with van der Waals surface area (Å²) in [6, 6.07) is 0. The smallest absolute Gasteiger partial charge is 0.0958 e. The van der Waals surface area contributed by atoms with Crippen LogP contribution in [-0.2, 0) is 0 Å². The molecule has 0 aromatic carbocycles. The van der Waals surface area contributed by atoms with Gasteiger partial charge in [-0.3, -0.25) is 5.41 Å². The van der Waals surface area contributed by atoms with Gasteiger partial charge in [-0.2, -0.15) is 0 Å². The third kappa shape index (κ3) is 1.39. The van der Waals surface area contributed by atoms with Crippen LogP contribution in [0.2, 0.25) is 0 Å². The Morgan fingerprint density at radius 2 is 2.27 bits per heavy atom. The molecule has 62 valence electrons. The van der Waals surface area contributed by atoms with Crippen LogP contribution in [0.4, 0.5) is 0 Å². The Morgan fingerprint density at radius 3 is 2.73 bits per heavy atom. The van der Waals surface area contributed by atoms with E-state index in [9.17, 15) is 0 Å². The molecular weight excluding hydrogens is 136 g/mol. The molecule has 0 atom stereocenters. The highest BCUT2D eigenvalue weighted by atomic mass is 15.2. The molecule has 2 rings (SSSR count). The molecule has 1 saturated heterocycles. The van der Waals surface area contributed by atoms with Crippen molar-refractivity contribution >= 4 is 5.84 Å². The molecule has 2 aliphatic rings. The van der Waals surface area contributed by atoms with Gasteiger partial charge in [0.2, 0.25) is 0 Å². The Morgan fingerprint density at radius 1 is 1.55 bits per heavy atom. The molecule has 2 fully saturated rings. The van der Waals surface area contributed by atoms with Crippen molar-refractivity contribution in [3.63, 3.8) is 0 Å². The summed E-state index contributed by atoms with van der Waals surface area (Å²) >= 11 is 0. The largest absolute Gasteiger partial charge is 0.360 e. The fourth-order valence-electron chi connectivity index (χ4n) is 1.74. The van der Waals surface area contributed by atoms with E-state index in [-0.39, 0.29) is 0 Å². The number of hydrogen-bond donors (Lipinski definition) is 1. The number of hydrogen-bond acceptors (Lipinski definition) is 1. The molecule has 2 nitrogen and oxygen atoms in total. The van der Waals surface area contributed by atoms with Crippen LogP contribution in [0.15, 0.2) is 0 Å². The van der Waals surface area contributed by atoms with Crippen molar-refractivity contribution in [3.05, 3.63) is 0 Å². The summed E-state index contributed by atoms with van der Waals surface area (Å²) in [6.45, 7) is 4.61. The van der Waals surface area contributed by atoms with E-state index < -0.39 is 0 Å². The first-order valence-corrected chi connectivity index (χ1v) is 4.52. The van der Waals surface area contributed by atoms with Gasteiger partial charge in [0.1, 0.15) is 0 Å². The molecule has 0 spiro atoms. The maximum absolute atomic E-state index is 7.64. The quantitative estimate of drug-likeness (QED) is 0.642. The van der Waals surface area contributed by atoms with Crippen LogP contribution in [-0.4, -0.2) is 23.8 Å². The van der Waals surface area contributed by atoms with Crippen LogP contribution in [0.1, 0.15) is 32.6 Å². The molecular formula is C9H16N2. The number of likely N-dealkylation sites (tertiary alicyclic amines) is 1. The molecule has 1 N–H and O–H groups in total. The van der Waals surface area contributed by atoms with Gasteiger partial charge in [-0.25, -0.2) is 0 Å². The number of nitrogens with zero attached hydrogens (tertiary/aromatic N) is 1. The first-order valence-electron chi connectivity index (χ1n) is 4.52. The zero-order valence-corrected chi connectivity index (χ0v) is 7.19. The summed E-state index contributed by atoms with van der Waals surface area (Å²) in [5, 5.41) is 7.64. The maximum Gasteiger partial charge on any atom is 0.0958 e. The summed E-state index contributed by atoms with van der Waals surface area (Å²) in [4.78, 5) is 2.26. The predicted molar refractivity (Wildman–Crippen MR) is 45.9 cm³/mol. The Balaban J connectivity index is 1.90. The van der Waals surface area contributed by atoms with E-state index in [0.717, 1.165) is 25.3 Å². The first kappa shape index (κ1) is 7.14. The molecule has 0 bridgehead atoms. The lowest BCUT2D eigenvalue weighted by Gasteiger charge is -2.21. The molecule has 0 aromatic rings. The highest BCUT2D eigenvalue weighted by Crippen LogP contribution is 2.45. The monoisotopic (exact) mass is 152 g/mol. The number of rotatable bonds is 2. The summed E-state index contributed by atoms with van der Waals surface area (Å²) in [5.41, 5.74) is 0.580. The van der Waals surface area contributed by atoms with E-state index in [0.29, 0.717) is 5.41 Å². The second kappa shape index (κ2) is 2.23. The third-order valence-corrected chi connectivity index (χ3v) is 2.90. The maximum atomic E-state index is 7.64. The van der Waals surface area contributed by atoms with Gasteiger partial charge in [0.25, 0.3) is 0 Å². The zero-order chi connectivity index (χ0) is 7.90. The molecule has 1 heterocycles. The lowest BCUT2D eigenvalue weighted by atomic mass is 10.1. The standard InChI is InChI=1S/C9H16N2/c1-9(4-5-9)7-11-6-2-3-8(11)10/h10H,2-7H2,1H3. The minimum atomic E-state index is 0.580. The minimum Gasteiger partial charge on any atom is -0.360 e. The first-order chi connectivity index (χ1) is 5.20. The van der Waals surface area contributed by atoms with Gasteiger partial charge in [-0.1, -0.05) is 6.92 Å². The average Bonchev–Trinajstić information content (AvgIpc) is 2.54. The SMILES string of the molecule is CC1(CN2CCCC2=N)CC1. The van der Waals surface area contributed by atoms with Crippen molar-refractivity contribution in [1.82, 2.24) is 4.90 Å². The third-order valence-electron chi connectivity index (χ3n) is 2.90. The van der Waals surface area contributed by atoms with Crippen LogP contribution in [0.25, 0.3) is 0 Å². The number of nitrogens with one attached hydrogen (secondary N) is 1. The molecule has 1 aliphatic heterocycles. The van der Waals surface area contributed by atoms with Crippen LogP contribution in [0.3, 0.4) is 0 Å². The summed E-state index contributed by atoms with van der Waals surface area (Å²) in [6.07, 6.45) is 4.96. The van der Waals surface area contributed by atoms with Gasteiger partial charge in [0.15, 0.2) is 0 Å². The highest BCUT2D eigenvalue weighted by molar-refractivity contribution is 5.80. The van der Waals surface area contributed by atoms with E-state index >= 15 is 0 Å². The summed E-state index contributed by atoms with van der Waals surface area (Å²) in [7, 11) is 0. The van der Waals surface area contributed by atoms with Gasteiger partial charge in [0.05, 0.1) is 5.84 Å². The summed E-state index contributed by atoms with van der Waals surface area (Å²) in [5.74, 6) is 0.873.